The van der Waals surface area contributed by atoms with Crippen molar-refractivity contribution in [3.8, 4) is 0 Å². The molecule has 2 saturated heterocycles. The Morgan fingerprint density at radius 3 is 2.80 bits per heavy atom. The van der Waals surface area contributed by atoms with E-state index in [0.717, 1.165) is 18.0 Å². The van der Waals surface area contributed by atoms with Gasteiger partial charge in [-0.15, -0.1) is 0 Å². The number of ether oxygens (including phenoxy) is 1. The van der Waals surface area contributed by atoms with Gasteiger partial charge in [0.15, 0.2) is 0 Å². The molecule has 2 fully saturated rings. The van der Waals surface area contributed by atoms with Crippen molar-refractivity contribution < 1.29 is 4.74 Å². The summed E-state index contributed by atoms with van der Waals surface area (Å²) >= 11 is 12.3. The molecule has 0 radical (unpaired) electrons. The lowest BCUT2D eigenvalue weighted by Crippen LogP contribution is -2.42. The smallest absolute Gasteiger partial charge is 0.0623 e. The molecule has 0 spiro atoms. The summed E-state index contributed by atoms with van der Waals surface area (Å²) in [5.74, 6) is 0.612. The Kier molecular flexibility index (Phi) is 4.56. The van der Waals surface area contributed by atoms with Gasteiger partial charge in [-0.2, -0.15) is 0 Å². The number of hydrogen-bond donors (Lipinski definition) is 1. The fourth-order valence-corrected chi connectivity index (χ4v) is 4.15. The third-order valence-electron chi connectivity index (χ3n) is 4.59. The van der Waals surface area contributed by atoms with Crippen LogP contribution in [0.5, 0.6) is 0 Å². The summed E-state index contributed by atoms with van der Waals surface area (Å²) in [6.07, 6.45) is 5.52. The first-order chi connectivity index (χ1) is 9.67. The van der Waals surface area contributed by atoms with E-state index in [4.69, 9.17) is 27.9 Å². The molecule has 0 saturated carbocycles. The minimum Gasteiger partial charge on any atom is -0.375 e. The highest BCUT2D eigenvalue weighted by Gasteiger charge is 2.44. The maximum atomic E-state index is 6.32. The second-order valence-corrected chi connectivity index (χ2v) is 6.72. The lowest BCUT2D eigenvalue weighted by atomic mass is 9.81. The highest BCUT2D eigenvalue weighted by Crippen LogP contribution is 2.41. The molecule has 2 heterocycles. The Morgan fingerprint density at radius 2 is 2.20 bits per heavy atom. The molecule has 2 bridgehead atoms. The third-order valence-corrected chi connectivity index (χ3v) is 5.18. The van der Waals surface area contributed by atoms with E-state index in [9.17, 15) is 0 Å². The van der Waals surface area contributed by atoms with Gasteiger partial charge in [-0.05, 0) is 49.9 Å². The minimum absolute atomic E-state index is 0.439. The Bertz CT molecular complexity index is 480. The summed E-state index contributed by atoms with van der Waals surface area (Å²) in [7, 11) is 0. The highest BCUT2D eigenvalue weighted by atomic mass is 35.5. The summed E-state index contributed by atoms with van der Waals surface area (Å²) in [6, 6.07) is 6.24. The second-order valence-electron chi connectivity index (χ2n) is 5.88. The third kappa shape index (κ3) is 2.99. The van der Waals surface area contributed by atoms with E-state index in [-0.39, 0.29) is 0 Å². The van der Waals surface area contributed by atoms with Gasteiger partial charge < -0.3 is 10.1 Å². The number of hydrogen-bond acceptors (Lipinski definition) is 2. The molecule has 2 aliphatic heterocycles. The molecule has 0 amide bonds. The van der Waals surface area contributed by atoms with Crippen molar-refractivity contribution in [2.24, 2.45) is 5.92 Å². The summed E-state index contributed by atoms with van der Waals surface area (Å²) in [5.41, 5.74) is 1.17. The SMILES string of the molecule is CCNC(Cc1ccc(Cl)cc1Cl)C1CC2CCC1O2. The zero-order valence-electron chi connectivity index (χ0n) is 11.7. The number of fused-ring (bicyclic) bond motifs is 2. The molecule has 4 atom stereocenters. The Hall–Kier alpha value is -0.280. The van der Waals surface area contributed by atoms with E-state index in [1.54, 1.807) is 0 Å². The molecule has 110 valence electrons. The normalized spacial score (nSPS) is 29.9. The first-order valence-electron chi connectivity index (χ1n) is 7.50. The summed E-state index contributed by atoms with van der Waals surface area (Å²) in [6.45, 7) is 3.13. The van der Waals surface area contributed by atoms with Gasteiger partial charge in [0.25, 0.3) is 0 Å². The summed E-state index contributed by atoms with van der Waals surface area (Å²) in [4.78, 5) is 0. The zero-order valence-corrected chi connectivity index (χ0v) is 13.3. The molecular weight excluding hydrogens is 293 g/mol. The predicted octanol–water partition coefficient (Wildman–Crippen LogP) is 4.08. The van der Waals surface area contributed by atoms with E-state index >= 15 is 0 Å². The topological polar surface area (TPSA) is 21.3 Å². The molecule has 1 N–H and O–H groups in total. The van der Waals surface area contributed by atoms with Crippen LogP contribution in [0.2, 0.25) is 10.0 Å². The summed E-state index contributed by atoms with van der Waals surface area (Å²) < 4.78 is 6.01. The van der Waals surface area contributed by atoms with E-state index in [1.807, 2.05) is 18.2 Å². The first kappa shape index (κ1) is 14.6. The molecule has 1 aromatic carbocycles. The number of benzene rings is 1. The van der Waals surface area contributed by atoms with Crippen molar-refractivity contribution in [3.63, 3.8) is 0 Å². The lowest BCUT2D eigenvalue weighted by Gasteiger charge is -2.29. The van der Waals surface area contributed by atoms with Crippen molar-refractivity contribution in [3.05, 3.63) is 33.8 Å². The lowest BCUT2D eigenvalue weighted by molar-refractivity contribution is 0.0858. The van der Waals surface area contributed by atoms with Crippen molar-refractivity contribution in [1.82, 2.24) is 5.32 Å². The van der Waals surface area contributed by atoms with Crippen LogP contribution in [-0.2, 0) is 11.2 Å². The van der Waals surface area contributed by atoms with Crippen molar-refractivity contribution >= 4 is 23.2 Å². The number of rotatable bonds is 5. The van der Waals surface area contributed by atoms with Gasteiger partial charge in [-0.3, -0.25) is 0 Å². The molecular formula is C16H21Cl2NO. The second kappa shape index (κ2) is 6.23. The molecule has 2 aliphatic rings. The number of halogens is 2. The van der Waals surface area contributed by atoms with Crippen LogP contribution >= 0.6 is 23.2 Å². The fourth-order valence-electron chi connectivity index (χ4n) is 3.66. The number of nitrogens with one attached hydrogen (secondary N) is 1. The quantitative estimate of drug-likeness (QED) is 0.884. The van der Waals surface area contributed by atoms with Crippen molar-refractivity contribution in [2.75, 3.05) is 6.54 Å². The van der Waals surface area contributed by atoms with Gasteiger partial charge in [0.2, 0.25) is 0 Å². The van der Waals surface area contributed by atoms with Crippen LogP contribution in [0, 0.1) is 5.92 Å². The average Bonchev–Trinajstić information content (AvgIpc) is 3.03. The van der Waals surface area contributed by atoms with E-state index < -0.39 is 0 Å². The van der Waals surface area contributed by atoms with Crippen LogP contribution in [0.15, 0.2) is 18.2 Å². The maximum Gasteiger partial charge on any atom is 0.0623 e. The van der Waals surface area contributed by atoms with Crippen LogP contribution < -0.4 is 5.32 Å². The Labute approximate surface area is 130 Å². The van der Waals surface area contributed by atoms with Crippen LogP contribution in [-0.4, -0.2) is 24.8 Å². The average molecular weight is 314 g/mol. The molecule has 2 nitrogen and oxygen atoms in total. The van der Waals surface area contributed by atoms with Gasteiger partial charge in [0.1, 0.15) is 0 Å². The molecule has 0 aliphatic carbocycles. The fraction of sp³-hybridized carbons (Fsp3) is 0.625. The van der Waals surface area contributed by atoms with E-state index in [1.165, 1.54) is 24.8 Å². The molecule has 1 aromatic rings. The van der Waals surface area contributed by atoms with Gasteiger partial charge in [0.05, 0.1) is 12.2 Å². The highest BCUT2D eigenvalue weighted by molar-refractivity contribution is 6.35. The Morgan fingerprint density at radius 1 is 1.35 bits per heavy atom. The molecule has 0 aromatic heterocycles. The van der Waals surface area contributed by atoms with Crippen molar-refractivity contribution in [2.45, 2.75) is 50.9 Å². The largest absolute Gasteiger partial charge is 0.375 e. The maximum absolute atomic E-state index is 6.32. The minimum atomic E-state index is 0.439. The summed E-state index contributed by atoms with van der Waals surface area (Å²) in [5, 5.41) is 5.09. The van der Waals surface area contributed by atoms with E-state index in [0.29, 0.717) is 29.2 Å². The van der Waals surface area contributed by atoms with Gasteiger partial charge in [-0.1, -0.05) is 36.2 Å². The Balaban J connectivity index is 1.74. The van der Waals surface area contributed by atoms with Crippen LogP contribution in [0.25, 0.3) is 0 Å². The van der Waals surface area contributed by atoms with Crippen molar-refractivity contribution in [1.29, 1.82) is 0 Å². The van der Waals surface area contributed by atoms with Gasteiger partial charge in [0, 0.05) is 22.0 Å². The zero-order chi connectivity index (χ0) is 14.1. The monoisotopic (exact) mass is 313 g/mol. The van der Waals surface area contributed by atoms with Gasteiger partial charge in [-0.25, -0.2) is 0 Å². The van der Waals surface area contributed by atoms with E-state index in [2.05, 4.69) is 12.2 Å². The van der Waals surface area contributed by atoms with Crippen LogP contribution in [0.3, 0.4) is 0 Å². The predicted molar refractivity (Wildman–Crippen MR) is 83.6 cm³/mol. The molecule has 4 unspecified atom stereocenters. The van der Waals surface area contributed by atoms with Crippen LogP contribution in [0.4, 0.5) is 0 Å². The van der Waals surface area contributed by atoms with Gasteiger partial charge >= 0.3 is 0 Å². The molecule has 20 heavy (non-hydrogen) atoms. The molecule has 4 heteroatoms. The first-order valence-corrected chi connectivity index (χ1v) is 8.25. The molecule has 3 rings (SSSR count). The van der Waals surface area contributed by atoms with Crippen LogP contribution in [0.1, 0.15) is 31.7 Å². The standard InChI is InChI=1S/C16H21Cl2NO/c1-2-19-15(13-9-12-5-6-16(13)20-12)7-10-3-4-11(17)8-14(10)18/h3-4,8,12-13,15-16,19H,2,5-7,9H2,1H3. The number of likely N-dealkylation sites (N-methyl/N-ethyl adjacent to an activating group) is 1.